The summed E-state index contributed by atoms with van der Waals surface area (Å²) < 4.78 is 13.2. The summed E-state index contributed by atoms with van der Waals surface area (Å²) in [4.78, 5) is 45.6. The molecule has 0 bridgehead atoms. The molecule has 0 saturated heterocycles. The average molecular weight is 591 g/mol. The molecular weight excluding hydrogens is 568 g/mol. The Bertz CT molecular complexity index is 1550. The number of hydrogen-bond donors (Lipinski definition) is 2. The molecule has 2 amide bonds. The topological polar surface area (TPSA) is 137 Å². The molecule has 0 spiro atoms. The molecule has 12 heteroatoms. The number of esters is 1. The van der Waals surface area contributed by atoms with Crippen molar-refractivity contribution in [3.8, 4) is 28.5 Å². The van der Waals surface area contributed by atoms with E-state index in [-0.39, 0.29) is 25.0 Å². The second-order valence-electron chi connectivity index (χ2n) is 8.43. The Kier molecular flexibility index (Phi) is 7.64. The largest absolute Gasteiger partial charge is 0.483 e. The molecule has 0 saturated carbocycles. The molecule has 0 radical (unpaired) electrons. The molecule has 3 heterocycles. The van der Waals surface area contributed by atoms with Crippen molar-refractivity contribution in [1.29, 1.82) is 0 Å². The van der Waals surface area contributed by atoms with Crippen molar-refractivity contribution in [1.82, 2.24) is 25.1 Å². The lowest BCUT2D eigenvalue weighted by atomic mass is 10.1. The van der Waals surface area contributed by atoms with Crippen LogP contribution in [0.2, 0.25) is 0 Å². The Morgan fingerprint density at radius 1 is 1.10 bits per heavy atom. The van der Waals surface area contributed by atoms with Gasteiger partial charge in [-0.25, -0.2) is 14.8 Å². The average Bonchev–Trinajstić information content (AvgIpc) is 3.39. The van der Waals surface area contributed by atoms with Crippen molar-refractivity contribution < 1.29 is 23.9 Å². The minimum Gasteiger partial charge on any atom is -0.483 e. The minimum atomic E-state index is -0.425. The van der Waals surface area contributed by atoms with Crippen LogP contribution in [0, 0.1) is 0 Å². The molecule has 0 atom stereocenters. The van der Waals surface area contributed by atoms with E-state index in [1.54, 1.807) is 72.4 Å². The lowest BCUT2D eigenvalue weighted by molar-refractivity contribution is -0.118. The fourth-order valence-electron chi connectivity index (χ4n) is 3.94. The van der Waals surface area contributed by atoms with E-state index < -0.39 is 5.97 Å². The van der Waals surface area contributed by atoms with Gasteiger partial charge in [-0.15, -0.1) is 0 Å². The van der Waals surface area contributed by atoms with Gasteiger partial charge in [0.2, 0.25) is 0 Å². The van der Waals surface area contributed by atoms with Gasteiger partial charge in [0.25, 0.3) is 11.8 Å². The molecule has 5 rings (SSSR count). The summed E-state index contributed by atoms with van der Waals surface area (Å²) in [5.41, 5.74) is 3.05. The number of halogens is 1. The van der Waals surface area contributed by atoms with Crippen molar-refractivity contribution in [2.75, 3.05) is 25.1 Å². The van der Waals surface area contributed by atoms with E-state index in [1.165, 1.54) is 0 Å². The van der Waals surface area contributed by atoms with Crippen LogP contribution in [0.4, 0.5) is 5.69 Å². The van der Waals surface area contributed by atoms with Gasteiger partial charge in [0.15, 0.2) is 12.4 Å². The number of fused-ring (bicyclic) bond motifs is 1. The smallest absolute Gasteiger partial charge is 0.338 e. The highest BCUT2D eigenvalue weighted by molar-refractivity contribution is 9.10. The van der Waals surface area contributed by atoms with Crippen LogP contribution in [0.1, 0.15) is 27.8 Å². The van der Waals surface area contributed by atoms with Gasteiger partial charge in [0.1, 0.15) is 17.1 Å². The number of benzene rings is 2. The monoisotopic (exact) mass is 590 g/mol. The molecule has 198 valence electrons. The Morgan fingerprint density at radius 2 is 1.92 bits per heavy atom. The van der Waals surface area contributed by atoms with E-state index in [9.17, 15) is 14.4 Å². The zero-order valence-corrected chi connectivity index (χ0v) is 22.4. The van der Waals surface area contributed by atoms with Gasteiger partial charge in [-0.05, 0) is 61.5 Å². The van der Waals surface area contributed by atoms with Crippen LogP contribution in [0.3, 0.4) is 0 Å². The van der Waals surface area contributed by atoms with Gasteiger partial charge in [0, 0.05) is 22.9 Å². The summed E-state index contributed by atoms with van der Waals surface area (Å²) in [6.07, 6.45) is 1.60. The SMILES string of the molecule is CCOC(=O)c1ccc(NC(=O)COc2ccc(Br)cc2-c2nccc(-c3cc4n(n3)CCNC4=O)n2)cc1. The highest BCUT2D eigenvalue weighted by Crippen LogP contribution is 2.32. The van der Waals surface area contributed by atoms with Crippen molar-refractivity contribution in [3.05, 3.63) is 76.5 Å². The van der Waals surface area contributed by atoms with Gasteiger partial charge >= 0.3 is 5.97 Å². The number of amides is 2. The molecule has 39 heavy (non-hydrogen) atoms. The lowest BCUT2D eigenvalue weighted by Gasteiger charge is -2.13. The Morgan fingerprint density at radius 3 is 2.69 bits per heavy atom. The maximum Gasteiger partial charge on any atom is 0.338 e. The molecule has 0 aliphatic carbocycles. The van der Waals surface area contributed by atoms with E-state index in [4.69, 9.17) is 9.47 Å². The van der Waals surface area contributed by atoms with Gasteiger partial charge in [-0.1, -0.05) is 15.9 Å². The predicted octanol–water partition coefficient (Wildman–Crippen LogP) is 3.71. The lowest BCUT2D eigenvalue weighted by Crippen LogP contribution is -2.35. The highest BCUT2D eigenvalue weighted by Gasteiger charge is 2.21. The van der Waals surface area contributed by atoms with Gasteiger partial charge < -0.3 is 20.1 Å². The van der Waals surface area contributed by atoms with Gasteiger partial charge in [-0.3, -0.25) is 14.3 Å². The number of ether oxygens (including phenoxy) is 2. The first-order chi connectivity index (χ1) is 18.9. The number of carbonyl (C=O) groups is 3. The number of carbonyl (C=O) groups excluding carboxylic acids is 3. The van der Waals surface area contributed by atoms with Crippen molar-refractivity contribution in [2.45, 2.75) is 13.5 Å². The fraction of sp³-hybridized carbons (Fsp3) is 0.185. The van der Waals surface area contributed by atoms with E-state index >= 15 is 0 Å². The third-order valence-corrected chi connectivity index (χ3v) is 6.25. The Labute approximate surface area is 231 Å². The molecule has 11 nitrogen and oxygen atoms in total. The summed E-state index contributed by atoms with van der Waals surface area (Å²) >= 11 is 3.47. The first-order valence-electron chi connectivity index (χ1n) is 12.1. The third-order valence-electron chi connectivity index (χ3n) is 5.76. The van der Waals surface area contributed by atoms with E-state index in [0.29, 0.717) is 58.6 Å². The molecular formula is C27H23BrN6O5. The van der Waals surface area contributed by atoms with Crippen molar-refractivity contribution in [3.63, 3.8) is 0 Å². The zero-order chi connectivity index (χ0) is 27.4. The zero-order valence-electron chi connectivity index (χ0n) is 20.8. The van der Waals surface area contributed by atoms with E-state index in [1.807, 2.05) is 0 Å². The molecule has 2 N–H and O–H groups in total. The predicted molar refractivity (Wildman–Crippen MR) is 145 cm³/mol. The van der Waals surface area contributed by atoms with Crippen LogP contribution >= 0.6 is 15.9 Å². The quantitative estimate of drug-likeness (QED) is 0.296. The number of nitrogens with zero attached hydrogens (tertiary/aromatic N) is 4. The summed E-state index contributed by atoms with van der Waals surface area (Å²) in [6, 6.07) is 15.1. The number of aromatic nitrogens is 4. The normalized spacial score (nSPS) is 12.3. The number of rotatable bonds is 8. The first kappa shape index (κ1) is 26.0. The van der Waals surface area contributed by atoms with Crippen LogP contribution < -0.4 is 15.4 Å². The molecule has 0 unspecified atom stereocenters. The number of hydrogen-bond acceptors (Lipinski definition) is 8. The second kappa shape index (κ2) is 11.4. The van der Waals surface area contributed by atoms with Crippen LogP contribution in [0.25, 0.3) is 22.8 Å². The van der Waals surface area contributed by atoms with E-state index in [0.717, 1.165) is 4.47 Å². The molecule has 2 aromatic carbocycles. The maximum absolute atomic E-state index is 12.6. The van der Waals surface area contributed by atoms with Crippen LogP contribution in [0.5, 0.6) is 5.75 Å². The second-order valence-corrected chi connectivity index (χ2v) is 9.35. The van der Waals surface area contributed by atoms with Crippen molar-refractivity contribution in [2.24, 2.45) is 0 Å². The van der Waals surface area contributed by atoms with Crippen molar-refractivity contribution >= 4 is 39.4 Å². The molecule has 1 aliphatic heterocycles. The Balaban J connectivity index is 1.31. The Hall–Kier alpha value is -4.58. The van der Waals surface area contributed by atoms with Gasteiger partial charge in [0.05, 0.1) is 30.0 Å². The minimum absolute atomic E-state index is 0.176. The molecule has 1 aliphatic rings. The molecule has 0 fully saturated rings. The molecule has 4 aromatic rings. The fourth-order valence-corrected chi connectivity index (χ4v) is 4.30. The van der Waals surface area contributed by atoms with Crippen LogP contribution in [-0.4, -0.2) is 57.3 Å². The first-order valence-corrected chi connectivity index (χ1v) is 12.9. The standard InChI is InChI=1S/C27H23BrN6O5/c1-2-38-27(37)16-3-6-18(7-4-16)31-24(35)15-39-23-8-5-17(28)13-19(23)25-29-10-9-20(32-25)21-14-22-26(36)30-11-12-34(22)33-21/h3-10,13-14H,2,11-12,15H2,1H3,(H,30,36)(H,31,35). The highest BCUT2D eigenvalue weighted by atomic mass is 79.9. The number of nitrogens with one attached hydrogen (secondary N) is 2. The summed E-state index contributed by atoms with van der Waals surface area (Å²) in [7, 11) is 0. The summed E-state index contributed by atoms with van der Waals surface area (Å²) in [5.74, 6) is -0.207. The van der Waals surface area contributed by atoms with Crippen LogP contribution in [-0.2, 0) is 16.1 Å². The van der Waals surface area contributed by atoms with Crippen LogP contribution in [0.15, 0.2) is 65.3 Å². The number of anilines is 1. The third kappa shape index (κ3) is 5.96. The maximum atomic E-state index is 12.6. The molecule has 2 aromatic heterocycles. The summed E-state index contributed by atoms with van der Waals surface area (Å²) in [5, 5.41) is 10.1. The van der Waals surface area contributed by atoms with Gasteiger partial charge in [-0.2, -0.15) is 5.10 Å². The van der Waals surface area contributed by atoms with E-state index in [2.05, 4.69) is 41.6 Å². The summed E-state index contributed by atoms with van der Waals surface area (Å²) in [6.45, 7) is 2.86.